The quantitative estimate of drug-likeness (QED) is 0.489. The van der Waals surface area contributed by atoms with E-state index in [0.29, 0.717) is 34.1 Å². The number of nitrogens with zero attached hydrogens (tertiary/aromatic N) is 1. The molecule has 0 atom stereocenters. The van der Waals surface area contributed by atoms with Gasteiger partial charge in [0.25, 0.3) is 0 Å². The molecule has 2 aromatic carbocycles. The number of hydrogen-bond donors (Lipinski definition) is 2. The van der Waals surface area contributed by atoms with Crippen LogP contribution >= 0.6 is 19.4 Å². The van der Waals surface area contributed by atoms with Crippen molar-refractivity contribution in [3.63, 3.8) is 0 Å². The minimum Gasteiger partial charge on any atom is -0.493 e. The first-order chi connectivity index (χ1) is 14.3. The number of phosphoric acid groups is 1. The molecular weight excluding hydrogens is 433 g/mol. The second kappa shape index (κ2) is 8.93. The number of aromatic nitrogens is 1. The fourth-order valence-electron chi connectivity index (χ4n) is 2.91. The fourth-order valence-corrected chi connectivity index (χ4v) is 4.03. The van der Waals surface area contributed by atoms with Gasteiger partial charge < -0.3 is 23.5 Å². The van der Waals surface area contributed by atoms with Gasteiger partial charge in [-0.05, 0) is 41.4 Å². The summed E-state index contributed by atoms with van der Waals surface area (Å²) < 4.78 is 41.9. The van der Waals surface area contributed by atoms with Gasteiger partial charge in [0, 0.05) is 16.5 Å². The van der Waals surface area contributed by atoms with Crippen LogP contribution in [0.2, 0.25) is 0 Å². The molecule has 0 fully saturated rings. The molecule has 2 N–H and O–H groups in total. The molecule has 0 aliphatic rings. The zero-order valence-corrected chi connectivity index (χ0v) is 18.3. The third kappa shape index (κ3) is 4.52. The summed E-state index contributed by atoms with van der Waals surface area (Å²) in [4.78, 5) is 18.4. The van der Waals surface area contributed by atoms with Crippen molar-refractivity contribution in [3.05, 3.63) is 35.7 Å². The molecule has 0 bridgehead atoms. The Morgan fingerprint density at radius 3 is 1.97 bits per heavy atom. The zero-order chi connectivity index (χ0) is 21.9. The third-order valence-electron chi connectivity index (χ3n) is 4.20. The van der Waals surface area contributed by atoms with Gasteiger partial charge in [-0.3, -0.25) is 9.79 Å². The van der Waals surface area contributed by atoms with Crippen molar-refractivity contribution in [3.8, 4) is 51.1 Å². The Labute approximate surface area is 177 Å². The van der Waals surface area contributed by atoms with E-state index in [1.165, 1.54) is 46.0 Å². The maximum absolute atomic E-state index is 11.3. The van der Waals surface area contributed by atoms with Crippen LogP contribution in [0.25, 0.3) is 22.4 Å². The minimum absolute atomic E-state index is 0.0784. The second-order valence-corrected chi connectivity index (χ2v) is 7.73. The number of hydrogen-bond acceptors (Lipinski definition) is 8. The molecule has 0 amide bonds. The summed E-state index contributed by atoms with van der Waals surface area (Å²) in [6, 6.07) is 8.35. The lowest BCUT2D eigenvalue weighted by Gasteiger charge is -2.15. The Morgan fingerprint density at radius 1 is 0.833 bits per heavy atom. The van der Waals surface area contributed by atoms with E-state index in [0.717, 1.165) is 5.56 Å². The molecule has 0 saturated heterocycles. The van der Waals surface area contributed by atoms with Crippen LogP contribution < -0.4 is 23.5 Å². The Bertz CT molecular complexity index is 1070. The van der Waals surface area contributed by atoms with Crippen molar-refractivity contribution in [1.82, 2.24) is 4.37 Å². The lowest BCUT2D eigenvalue weighted by atomic mass is 10.0. The van der Waals surface area contributed by atoms with Crippen molar-refractivity contribution in [2.45, 2.75) is 0 Å². The van der Waals surface area contributed by atoms with Crippen LogP contribution in [0.15, 0.2) is 35.7 Å². The number of ether oxygens (including phenoxy) is 4. The molecule has 3 aromatic rings. The van der Waals surface area contributed by atoms with Gasteiger partial charge in [0.2, 0.25) is 5.75 Å². The molecule has 0 aliphatic carbocycles. The van der Waals surface area contributed by atoms with Crippen LogP contribution in [-0.4, -0.2) is 42.6 Å². The molecule has 9 nitrogen and oxygen atoms in total. The molecule has 1 aromatic heterocycles. The number of methoxy groups -OCH3 is 4. The van der Waals surface area contributed by atoms with Gasteiger partial charge in [0.15, 0.2) is 23.0 Å². The first-order valence-corrected chi connectivity index (χ1v) is 10.9. The lowest BCUT2D eigenvalue weighted by Crippen LogP contribution is -1.96. The van der Waals surface area contributed by atoms with Gasteiger partial charge in [-0.1, -0.05) is 6.07 Å². The van der Waals surface area contributed by atoms with Crippen molar-refractivity contribution in [2.24, 2.45) is 0 Å². The average molecular weight is 453 g/mol. The van der Waals surface area contributed by atoms with E-state index in [9.17, 15) is 14.4 Å². The highest BCUT2D eigenvalue weighted by Crippen LogP contribution is 2.46. The highest BCUT2D eigenvalue weighted by molar-refractivity contribution is 7.46. The molecule has 11 heteroatoms. The van der Waals surface area contributed by atoms with Gasteiger partial charge >= 0.3 is 7.82 Å². The summed E-state index contributed by atoms with van der Waals surface area (Å²) >= 11 is 1.23. The molecule has 1 heterocycles. The summed E-state index contributed by atoms with van der Waals surface area (Å²) in [6.45, 7) is 0. The topological polar surface area (TPSA) is 117 Å². The normalized spacial score (nSPS) is 11.1. The van der Waals surface area contributed by atoms with Gasteiger partial charge in [-0.2, -0.15) is 4.37 Å². The molecule has 3 rings (SSSR count). The van der Waals surface area contributed by atoms with E-state index in [1.54, 1.807) is 24.3 Å². The first kappa shape index (κ1) is 21.9. The minimum atomic E-state index is -4.76. The average Bonchev–Trinajstić information content (AvgIpc) is 3.21. The standard InChI is InChI=1S/C19H20NO8PS/c1-24-14-6-5-11(7-15(14)28-29(21,22)23)13-10-30-20-18(13)12-8-16(25-2)19(27-4)17(9-12)26-3/h5-10H,1-4H3,(H2,21,22,23). The monoisotopic (exact) mass is 453 g/mol. The summed E-state index contributed by atoms with van der Waals surface area (Å²) in [6.07, 6.45) is 0. The van der Waals surface area contributed by atoms with Crippen molar-refractivity contribution >= 4 is 19.4 Å². The van der Waals surface area contributed by atoms with Crippen LogP contribution in [0, 0.1) is 0 Å². The Hall–Kier alpha value is -2.78. The van der Waals surface area contributed by atoms with Crippen LogP contribution in [0.4, 0.5) is 0 Å². The zero-order valence-electron chi connectivity index (χ0n) is 16.6. The highest BCUT2D eigenvalue weighted by Gasteiger charge is 2.22. The maximum Gasteiger partial charge on any atom is 0.524 e. The van der Waals surface area contributed by atoms with Crippen molar-refractivity contribution in [1.29, 1.82) is 0 Å². The first-order valence-electron chi connectivity index (χ1n) is 8.49. The Balaban J connectivity index is 2.13. The highest BCUT2D eigenvalue weighted by atomic mass is 32.1. The molecule has 30 heavy (non-hydrogen) atoms. The summed E-state index contributed by atoms with van der Waals surface area (Å²) in [5, 5.41) is 1.82. The smallest absolute Gasteiger partial charge is 0.493 e. The number of phosphoric ester groups is 1. The van der Waals surface area contributed by atoms with Gasteiger partial charge in [-0.25, -0.2) is 4.57 Å². The van der Waals surface area contributed by atoms with E-state index in [1.807, 2.05) is 5.38 Å². The molecule has 0 unspecified atom stereocenters. The largest absolute Gasteiger partial charge is 0.524 e. The van der Waals surface area contributed by atoms with Crippen LogP contribution in [-0.2, 0) is 4.57 Å². The van der Waals surface area contributed by atoms with Crippen LogP contribution in [0.5, 0.6) is 28.7 Å². The van der Waals surface area contributed by atoms with Crippen molar-refractivity contribution < 1.29 is 37.8 Å². The predicted octanol–water partition coefficient (Wildman–Crippen LogP) is 3.98. The molecule has 0 aliphatic heterocycles. The molecule has 0 saturated carbocycles. The number of benzene rings is 2. The Kier molecular flexibility index (Phi) is 6.52. The van der Waals surface area contributed by atoms with E-state index in [2.05, 4.69) is 4.37 Å². The maximum atomic E-state index is 11.3. The summed E-state index contributed by atoms with van der Waals surface area (Å²) in [7, 11) is 1.19. The van der Waals surface area contributed by atoms with E-state index in [-0.39, 0.29) is 11.5 Å². The SMILES string of the molecule is COc1ccc(-c2csnc2-c2cc(OC)c(OC)c(OC)c2)cc1OP(=O)(O)O. The fraction of sp³-hybridized carbons (Fsp3) is 0.211. The molecule has 0 spiro atoms. The van der Waals surface area contributed by atoms with E-state index < -0.39 is 7.82 Å². The van der Waals surface area contributed by atoms with Gasteiger partial charge in [0.05, 0.1) is 34.1 Å². The number of rotatable bonds is 8. The van der Waals surface area contributed by atoms with Gasteiger partial charge in [-0.15, -0.1) is 0 Å². The third-order valence-corrected chi connectivity index (χ3v) is 5.26. The van der Waals surface area contributed by atoms with E-state index in [4.69, 9.17) is 23.5 Å². The van der Waals surface area contributed by atoms with Crippen LogP contribution in [0.1, 0.15) is 0 Å². The lowest BCUT2D eigenvalue weighted by molar-refractivity contribution is 0.276. The van der Waals surface area contributed by atoms with Crippen molar-refractivity contribution in [2.75, 3.05) is 28.4 Å². The summed E-state index contributed by atoms with van der Waals surface area (Å²) in [5.74, 6) is 1.53. The summed E-state index contributed by atoms with van der Waals surface area (Å²) in [5.41, 5.74) is 2.71. The molecule has 160 valence electrons. The Morgan fingerprint density at radius 2 is 1.43 bits per heavy atom. The van der Waals surface area contributed by atoms with E-state index >= 15 is 0 Å². The second-order valence-electron chi connectivity index (χ2n) is 5.94. The molecule has 0 radical (unpaired) electrons. The van der Waals surface area contributed by atoms with Crippen LogP contribution in [0.3, 0.4) is 0 Å². The van der Waals surface area contributed by atoms with Gasteiger partial charge in [0.1, 0.15) is 0 Å². The molecular formula is C19H20NO8PS. The predicted molar refractivity (Wildman–Crippen MR) is 112 cm³/mol.